The number of hydrogen-bond donors (Lipinski definition) is 0. The molecule has 296 valence electrons. The van der Waals surface area contributed by atoms with Crippen LogP contribution in [0.15, 0.2) is 102 Å². The maximum absolute atomic E-state index is 12.3. The van der Waals surface area contributed by atoms with Gasteiger partial charge in [0.05, 0.1) is 33.9 Å². The number of terminal acetylenes is 1. The highest BCUT2D eigenvalue weighted by molar-refractivity contribution is 9.10. The molecule has 0 aliphatic carbocycles. The molecule has 0 unspecified atom stereocenters. The lowest BCUT2D eigenvalue weighted by Gasteiger charge is -2.10. The Kier molecular flexibility index (Phi) is 14.4. The Morgan fingerprint density at radius 1 is 0.614 bits per heavy atom. The van der Waals surface area contributed by atoms with Crippen LogP contribution in [0.5, 0.6) is 11.5 Å². The van der Waals surface area contributed by atoms with Gasteiger partial charge in [-0.25, -0.2) is 19.3 Å². The van der Waals surface area contributed by atoms with E-state index < -0.39 is 12.7 Å². The van der Waals surface area contributed by atoms with Gasteiger partial charge in [-0.3, -0.25) is 0 Å². The van der Waals surface area contributed by atoms with E-state index in [1.807, 2.05) is 76.4 Å². The van der Waals surface area contributed by atoms with Gasteiger partial charge in [0.1, 0.15) is 21.8 Å². The third-order valence-corrected chi connectivity index (χ3v) is 7.90. The van der Waals surface area contributed by atoms with Gasteiger partial charge in [-0.2, -0.15) is 0 Å². The van der Waals surface area contributed by atoms with Gasteiger partial charge in [0, 0.05) is 40.6 Å². The second-order valence-electron chi connectivity index (χ2n) is 12.0. The Morgan fingerprint density at radius 3 is 1.39 bits per heavy atom. The van der Waals surface area contributed by atoms with Gasteiger partial charge in [-0.05, 0) is 108 Å². The van der Waals surface area contributed by atoms with Gasteiger partial charge in [-0.15, -0.1) is 43.0 Å². The molecule has 6 aromatic rings. The van der Waals surface area contributed by atoms with Crippen LogP contribution in [-0.2, 0) is 0 Å². The van der Waals surface area contributed by atoms with Crippen LogP contribution in [0.3, 0.4) is 0 Å². The van der Waals surface area contributed by atoms with Crippen molar-refractivity contribution in [2.45, 2.75) is 26.6 Å². The molecule has 0 spiro atoms. The minimum Gasteiger partial charge on any atom is -0.406 e. The van der Waals surface area contributed by atoms with E-state index in [2.05, 4.69) is 63.3 Å². The summed E-state index contributed by atoms with van der Waals surface area (Å²) in [6.07, 6.45) is -0.533. The number of rotatable bonds is 6. The van der Waals surface area contributed by atoms with Crippen LogP contribution in [0.25, 0.3) is 11.4 Å². The zero-order valence-electron chi connectivity index (χ0n) is 31.4. The SMILES string of the molecule is Brc1ccccn1.C#Cc1c(N(C)C)nn(-c2ccc(OC(F)(F)F)cc2)c1C.Cc1c(C#Cc2ccccn2)c(N(C)C)nn1-c1ccc(OC(F)(F)F)cc1. The maximum Gasteiger partial charge on any atom is 0.573 e. The minimum absolute atomic E-state index is 0.286. The number of anilines is 2. The second-order valence-corrected chi connectivity index (χ2v) is 12.8. The van der Waals surface area contributed by atoms with Crippen molar-refractivity contribution in [1.82, 2.24) is 29.5 Å². The van der Waals surface area contributed by atoms with Crippen molar-refractivity contribution in [3.05, 3.63) is 130 Å². The first kappa shape index (κ1) is 43.3. The Bertz CT molecular complexity index is 2330. The van der Waals surface area contributed by atoms with E-state index in [1.165, 1.54) is 48.5 Å². The first-order valence-corrected chi connectivity index (χ1v) is 17.4. The third-order valence-electron chi connectivity index (χ3n) is 7.43. The first-order valence-electron chi connectivity index (χ1n) is 16.6. The average molecular weight is 854 g/mol. The standard InChI is InChI=1S/C20H17F3N4O.C15H14F3N3O.C5H4BrN/c1-14-18(12-7-15-6-4-5-13-24-15)19(26(2)3)25-27(14)16-8-10-17(11-9-16)28-20(21,22)23;1-5-13-10(2)21(19-14(13)20(3)4)11-6-8-12(9-7-11)22-15(16,17)18;6-5-3-1-2-4-7-5/h4-6,8-11,13H,1-3H3;1,6-9H,2-4H3;1-4H. The molecule has 2 aromatic carbocycles. The first-order chi connectivity index (χ1) is 26.9. The zero-order valence-corrected chi connectivity index (χ0v) is 32.9. The fourth-order valence-corrected chi connectivity index (χ4v) is 5.17. The number of pyridine rings is 2. The van der Waals surface area contributed by atoms with Gasteiger partial charge in [0.15, 0.2) is 11.6 Å². The molecule has 0 N–H and O–H groups in total. The van der Waals surface area contributed by atoms with Crippen LogP contribution in [0.4, 0.5) is 38.0 Å². The monoisotopic (exact) mass is 852 g/mol. The number of nitrogens with zero attached hydrogens (tertiary/aromatic N) is 8. The van der Waals surface area contributed by atoms with Crippen LogP contribution < -0.4 is 19.3 Å². The summed E-state index contributed by atoms with van der Waals surface area (Å²) in [5, 5.41) is 8.94. The molecule has 0 atom stereocenters. The van der Waals surface area contributed by atoms with Gasteiger partial charge in [-0.1, -0.05) is 24.0 Å². The number of aromatic nitrogens is 6. The van der Waals surface area contributed by atoms with Crippen molar-refractivity contribution in [3.8, 4) is 47.1 Å². The molecule has 4 aromatic heterocycles. The molecule has 0 saturated heterocycles. The molecule has 10 nitrogen and oxygen atoms in total. The predicted molar refractivity (Wildman–Crippen MR) is 209 cm³/mol. The molecular formula is C40H35BrF6N8O2. The lowest BCUT2D eigenvalue weighted by molar-refractivity contribution is -0.275. The van der Waals surface area contributed by atoms with Crippen LogP contribution in [0, 0.1) is 38.0 Å². The molecular weight excluding hydrogens is 818 g/mol. The Labute approximate surface area is 333 Å². The fourth-order valence-electron chi connectivity index (χ4n) is 4.90. The number of hydrogen-bond acceptors (Lipinski definition) is 8. The van der Waals surface area contributed by atoms with E-state index in [0.29, 0.717) is 39.8 Å². The third kappa shape index (κ3) is 12.5. The van der Waals surface area contributed by atoms with Gasteiger partial charge in [0.2, 0.25) is 0 Å². The van der Waals surface area contributed by atoms with Crippen LogP contribution in [-0.4, -0.2) is 70.4 Å². The molecule has 0 amide bonds. The number of benzene rings is 2. The summed E-state index contributed by atoms with van der Waals surface area (Å²) in [5.41, 5.74) is 4.67. The van der Waals surface area contributed by atoms with E-state index in [-0.39, 0.29) is 11.5 Å². The fraction of sp³-hybridized carbons (Fsp3) is 0.200. The topological polar surface area (TPSA) is 86.4 Å². The Hall–Kier alpha value is -6.46. The van der Waals surface area contributed by atoms with E-state index in [4.69, 9.17) is 6.42 Å². The average Bonchev–Trinajstić information content (AvgIpc) is 3.67. The van der Waals surface area contributed by atoms with Crippen molar-refractivity contribution in [2.75, 3.05) is 38.0 Å². The van der Waals surface area contributed by atoms with Crippen molar-refractivity contribution >= 4 is 27.6 Å². The molecule has 0 fully saturated rings. The van der Waals surface area contributed by atoms with Crippen molar-refractivity contribution in [3.63, 3.8) is 0 Å². The summed E-state index contributed by atoms with van der Waals surface area (Å²) in [4.78, 5) is 11.7. The second kappa shape index (κ2) is 18.9. The number of alkyl halides is 6. The number of ether oxygens (including phenoxy) is 2. The van der Waals surface area contributed by atoms with E-state index in [9.17, 15) is 26.3 Å². The summed E-state index contributed by atoms with van der Waals surface area (Å²) < 4.78 is 85.3. The highest BCUT2D eigenvalue weighted by Crippen LogP contribution is 2.28. The van der Waals surface area contributed by atoms with Crippen LogP contribution >= 0.6 is 15.9 Å². The molecule has 0 aliphatic rings. The molecule has 6 rings (SSSR count). The van der Waals surface area contributed by atoms with E-state index in [1.54, 1.807) is 33.6 Å². The molecule has 0 aliphatic heterocycles. The van der Waals surface area contributed by atoms with Crippen molar-refractivity contribution < 1.29 is 35.8 Å². The summed E-state index contributed by atoms with van der Waals surface area (Å²) in [7, 11) is 7.32. The van der Waals surface area contributed by atoms with E-state index >= 15 is 0 Å². The molecule has 0 saturated carbocycles. The van der Waals surface area contributed by atoms with Gasteiger partial charge < -0.3 is 19.3 Å². The smallest absolute Gasteiger partial charge is 0.406 e. The summed E-state index contributed by atoms with van der Waals surface area (Å²) in [6, 6.07) is 22.1. The van der Waals surface area contributed by atoms with Crippen LogP contribution in [0.1, 0.15) is 28.2 Å². The highest BCUT2D eigenvalue weighted by Gasteiger charge is 2.32. The summed E-state index contributed by atoms with van der Waals surface area (Å²) >= 11 is 3.20. The maximum atomic E-state index is 12.3. The minimum atomic E-state index is -4.73. The van der Waals surface area contributed by atoms with Crippen molar-refractivity contribution in [1.29, 1.82) is 0 Å². The predicted octanol–water partition coefficient (Wildman–Crippen LogP) is 8.91. The van der Waals surface area contributed by atoms with Crippen LogP contribution in [0.2, 0.25) is 0 Å². The molecule has 0 radical (unpaired) electrons. The molecule has 57 heavy (non-hydrogen) atoms. The van der Waals surface area contributed by atoms with Gasteiger partial charge >= 0.3 is 12.7 Å². The molecule has 4 heterocycles. The summed E-state index contributed by atoms with van der Waals surface area (Å²) in [6.45, 7) is 3.65. The normalized spacial score (nSPS) is 10.7. The highest BCUT2D eigenvalue weighted by atomic mass is 79.9. The lowest BCUT2D eigenvalue weighted by atomic mass is 10.2. The quantitative estimate of drug-likeness (QED) is 0.0934. The zero-order chi connectivity index (χ0) is 41.9. The Balaban J connectivity index is 0.000000220. The van der Waals surface area contributed by atoms with Gasteiger partial charge in [0.25, 0.3) is 0 Å². The largest absolute Gasteiger partial charge is 0.573 e. The van der Waals surface area contributed by atoms with E-state index in [0.717, 1.165) is 16.0 Å². The van der Waals surface area contributed by atoms with Crippen molar-refractivity contribution in [2.24, 2.45) is 0 Å². The lowest BCUT2D eigenvalue weighted by Crippen LogP contribution is -2.17. The molecule has 17 heteroatoms. The summed E-state index contributed by atoms with van der Waals surface area (Å²) in [5.74, 6) is 9.39. The number of halogens is 7. The Morgan fingerprint density at radius 2 is 1.05 bits per heavy atom. The molecule has 0 bridgehead atoms.